The van der Waals surface area contributed by atoms with E-state index < -0.39 is 17.8 Å². The molecule has 0 saturated carbocycles. The van der Waals surface area contributed by atoms with Crippen LogP contribution in [0.5, 0.6) is 0 Å². The molecule has 166 valence electrons. The molecule has 8 nitrogen and oxygen atoms in total. The third-order valence-corrected chi connectivity index (χ3v) is 5.59. The maximum Gasteiger partial charge on any atom is 0.435 e. The van der Waals surface area contributed by atoms with Gasteiger partial charge in [0.15, 0.2) is 5.69 Å². The fourth-order valence-electron chi connectivity index (χ4n) is 4.14. The number of nitrogens with zero attached hydrogens (tertiary/aromatic N) is 6. The topological polar surface area (TPSA) is 82.6 Å². The van der Waals surface area contributed by atoms with E-state index in [0.717, 1.165) is 17.1 Å². The van der Waals surface area contributed by atoms with Crippen molar-refractivity contribution in [2.24, 2.45) is 0 Å². The summed E-state index contributed by atoms with van der Waals surface area (Å²) in [5, 5.41) is 15.4. The zero-order chi connectivity index (χ0) is 22.5. The second kappa shape index (κ2) is 7.54. The van der Waals surface area contributed by atoms with Gasteiger partial charge in [0.1, 0.15) is 13.2 Å². The Kier molecular flexibility index (Phi) is 5.14. The predicted molar refractivity (Wildman–Crippen MR) is 107 cm³/mol. The van der Waals surface area contributed by atoms with Crippen molar-refractivity contribution < 1.29 is 18.0 Å². The molecule has 1 N–H and O–H groups in total. The van der Waals surface area contributed by atoms with E-state index in [0.29, 0.717) is 43.0 Å². The second-order valence-electron chi connectivity index (χ2n) is 7.94. The minimum Gasteiger partial charge on any atom is -0.321 e. The Labute approximate surface area is 177 Å². The van der Waals surface area contributed by atoms with Crippen molar-refractivity contribution >= 4 is 11.6 Å². The lowest BCUT2D eigenvalue weighted by molar-refractivity contribution is -0.142. The first kappa shape index (κ1) is 21.1. The molecule has 0 aromatic carbocycles. The van der Waals surface area contributed by atoms with Crippen molar-refractivity contribution in [3.8, 4) is 0 Å². The number of nitrogens with one attached hydrogen (secondary N) is 1. The van der Waals surface area contributed by atoms with E-state index in [1.807, 2.05) is 31.5 Å². The van der Waals surface area contributed by atoms with Crippen molar-refractivity contribution in [2.75, 3.05) is 5.32 Å². The highest BCUT2D eigenvalue weighted by atomic mass is 19.4. The van der Waals surface area contributed by atoms with Gasteiger partial charge in [0.25, 0.3) is 0 Å². The third-order valence-electron chi connectivity index (χ3n) is 5.59. The summed E-state index contributed by atoms with van der Waals surface area (Å²) in [5.41, 5.74) is 3.63. The predicted octanol–water partition coefficient (Wildman–Crippen LogP) is 3.16. The van der Waals surface area contributed by atoms with Gasteiger partial charge in [-0.05, 0) is 53.0 Å². The van der Waals surface area contributed by atoms with Crippen LogP contribution in [0.4, 0.5) is 18.9 Å². The van der Waals surface area contributed by atoms with Gasteiger partial charge in [-0.1, -0.05) is 0 Å². The Morgan fingerprint density at radius 3 is 2.45 bits per heavy atom. The molecule has 0 aliphatic heterocycles. The number of amides is 1. The van der Waals surface area contributed by atoms with Gasteiger partial charge < -0.3 is 5.32 Å². The summed E-state index contributed by atoms with van der Waals surface area (Å²) in [6, 6.07) is 1.96. The van der Waals surface area contributed by atoms with E-state index >= 15 is 0 Å². The molecular formula is C20H24F3N7O. The first-order valence-electron chi connectivity index (χ1n) is 10.0. The molecule has 0 unspecified atom stereocenters. The van der Waals surface area contributed by atoms with Gasteiger partial charge in [0.05, 0.1) is 22.8 Å². The number of anilines is 1. The lowest BCUT2D eigenvalue weighted by atomic mass is 10.2. The van der Waals surface area contributed by atoms with Gasteiger partial charge in [0, 0.05) is 17.0 Å². The lowest BCUT2D eigenvalue weighted by Crippen LogP contribution is -2.22. The summed E-state index contributed by atoms with van der Waals surface area (Å²) >= 11 is 0. The molecule has 0 fully saturated rings. The Morgan fingerprint density at radius 2 is 1.81 bits per heavy atom. The highest BCUT2D eigenvalue weighted by Gasteiger charge is 2.40. The molecule has 1 aliphatic carbocycles. The molecule has 0 bridgehead atoms. The maximum atomic E-state index is 13.3. The van der Waals surface area contributed by atoms with Crippen LogP contribution in [0.25, 0.3) is 0 Å². The zero-order valence-corrected chi connectivity index (χ0v) is 17.8. The summed E-state index contributed by atoms with van der Waals surface area (Å²) in [7, 11) is 0. The van der Waals surface area contributed by atoms with Gasteiger partial charge in [-0.2, -0.15) is 28.5 Å². The van der Waals surface area contributed by atoms with Crippen molar-refractivity contribution in [3.05, 3.63) is 45.8 Å². The fraction of sp³-hybridized carbons (Fsp3) is 0.500. The Bertz CT molecular complexity index is 1150. The highest BCUT2D eigenvalue weighted by Crippen LogP contribution is 2.36. The monoisotopic (exact) mass is 435 g/mol. The first-order chi connectivity index (χ1) is 14.5. The number of fused-ring (bicyclic) bond motifs is 1. The van der Waals surface area contributed by atoms with Gasteiger partial charge in [-0.15, -0.1) is 0 Å². The molecule has 11 heteroatoms. The van der Waals surface area contributed by atoms with Crippen molar-refractivity contribution in [1.29, 1.82) is 0 Å². The van der Waals surface area contributed by atoms with Crippen LogP contribution in [0, 0.1) is 27.7 Å². The number of aryl methyl sites for hydroxylation is 3. The molecule has 0 spiro atoms. The second-order valence-corrected chi connectivity index (χ2v) is 7.94. The van der Waals surface area contributed by atoms with Crippen molar-refractivity contribution in [2.45, 2.75) is 66.3 Å². The standard InChI is InChI=1S/C20H24F3N7O/c1-11-8-12(2)29(25-11)10-30-14(4)18(13(3)26-30)24-17(31)9-28-16-7-5-6-15(16)19(27-28)20(21,22)23/h8H,5-7,9-10H2,1-4H3,(H,24,31). The maximum absolute atomic E-state index is 13.3. The fourth-order valence-corrected chi connectivity index (χ4v) is 4.14. The number of carbonyl (C=O) groups is 1. The molecule has 3 heterocycles. The molecule has 31 heavy (non-hydrogen) atoms. The number of hydrogen-bond donors (Lipinski definition) is 1. The molecule has 0 radical (unpaired) electrons. The van der Waals surface area contributed by atoms with Crippen LogP contribution in [0.15, 0.2) is 6.07 Å². The third kappa shape index (κ3) is 3.96. The number of rotatable bonds is 5. The summed E-state index contributed by atoms with van der Waals surface area (Å²) in [6.45, 7) is 7.57. The molecule has 4 rings (SSSR count). The van der Waals surface area contributed by atoms with Gasteiger partial charge in [0.2, 0.25) is 5.91 Å². The average molecular weight is 435 g/mol. The van der Waals surface area contributed by atoms with E-state index in [2.05, 4.69) is 20.6 Å². The largest absolute Gasteiger partial charge is 0.435 e. The van der Waals surface area contributed by atoms with E-state index in [1.54, 1.807) is 11.6 Å². The van der Waals surface area contributed by atoms with E-state index in [1.165, 1.54) is 4.68 Å². The lowest BCUT2D eigenvalue weighted by Gasteiger charge is -2.09. The first-order valence-corrected chi connectivity index (χ1v) is 10.0. The minimum atomic E-state index is -4.52. The van der Waals surface area contributed by atoms with Crippen LogP contribution < -0.4 is 5.32 Å². The summed E-state index contributed by atoms with van der Waals surface area (Å²) in [5.74, 6) is -0.442. The van der Waals surface area contributed by atoms with E-state index in [4.69, 9.17) is 0 Å². The number of halogens is 3. The summed E-state index contributed by atoms with van der Waals surface area (Å²) < 4.78 is 44.5. The smallest absolute Gasteiger partial charge is 0.321 e. The molecule has 3 aromatic heterocycles. The van der Waals surface area contributed by atoms with Crippen molar-refractivity contribution in [3.63, 3.8) is 0 Å². The van der Waals surface area contributed by atoms with Gasteiger partial charge in [-0.3, -0.25) is 9.48 Å². The summed E-state index contributed by atoms with van der Waals surface area (Å²) in [4.78, 5) is 12.7. The van der Waals surface area contributed by atoms with Crippen LogP contribution in [0.2, 0.25) is 0 Å². The molecule has 1 aliphatic rings. The molecular weight excluding hydrogens is 411 g/mol. The highest BCUT2D eigenvalue weighted by molar-refractivity contribution is 5.91. The van der Waals surface area contributed by atoms with E-state index in [9.17, 15) is 18.0 Å². The minimum absolute atomic E-state index is 0.213. The number of alkyl halides is 3. The number of aromatic nitrogens is 6. The van der Waals surface area contributed by atoms with Crippen LogP contribution >= 0.6 is 0 Å². The quantitative estimate of drug-likeness (QED) is 0.668. The van der Waals surface area contributed by atoms with Crippen LogP contribution in [0.1, 0.15) is 46.1 Å². The van der Waals surface area contributed by atoms with E-state index in [-0.39, 0.29) is 12.1 Å². The molecule has 0 atom stereocenters. The summed E-state index contributed by atoms with van der Waals surface area (Å²) in [6.07, 6.45) is -3.06. The van der Waals surface area contributed by atoms with Crippen LogP contribution in [-0.2, 0) is 37.0 Å². The number of hydrogen-bond acceptors (Lipinski definition) is 4. The van der Waals surface area contributed by atoms with Crippen LogP contribution in [0.3, 0.4) is 0 Å². The Balaban J connectivity index is 1.52. The molecule has 1 amide bonds. The average Bonchev–Trinajstić information content (AvgIpc) is 3.38. The SMILES string of the molecule is Cc1cc(C)n(Cn2nc(C)c(NC(=O)Cn3nc(C(F)(F)F)c4c3CCC4)c2C)n1. The Hall–Kier alpha value is -3.11. The van der Waals surface area contributed by atoms with Crippen LogP contribution in [-0.4, -0.2) is 35.2 Å². The van der Waals surface area contributed by atoms with Crippen molar-refractivity contribution in [1.82, 2.24) is 29.3 Å². The Morgan fingerprint density at radius 1 is 1.06 bits per heavy atom. The van der Waals surface area contributed by atoms with Gasteiger partial charge >= 0.3 is 6.18 Å². The normalized spacial score (nSPS) is 13.6. The molecule has 0 saturated heterocycles. The molecule has 3 aromatic rings. The van der Waals surface area contributed by atoms with Gasteiger partial charge in [-0.25, -0.2) is 9.36 Å². The zero-order valence-electron chi connectivity index (χ0n) is 17.8. The number of carbonyl (C=O) groups excluding carboxylic acids is 1.